The van der Waals surface area contributed by atoms with E-state index in [9.17, 15) is 9.36 Å². The lowest BCUT2D eigenvalue weighted by Gasteiger charge is -2.33. The van der Waals surface area contributed by atoms with Crippen molar-refractivity contribution in [1.29, 1.82) is 0 Å². The van der Waals surface area contributed by atoms with Gasteiger partial charge in [-0.15, -0.1) is 0 Å². The van der Waals surface area contributed by atoms with Gasteiger partial charge in [-0.2, -0.15) is 0 Å². The maximum atomic E-state index is 12.9. The molecule has 114 valence electrons. The largest absolute Gasteiger partial charge is 0.462 e. The lowest BCUT2D eigenvalue weighted by atomic mass is 9.84. The van der Waals surface area contributed by atoms with Gasteiger partial charge in [0.1, 0.15) is 5.60 Å². The molecule has 0 bridgehead atoms. The molecule has 1 spiro atoms. The highest BCUT2D eigenvalue weighted by Crippen LogP contribution is 2.70. The van der Waals surface area contributed by atoms with E-state index in [-0.39, 0.29) is 18.5 Å². The number of carbonyl (C=O) groups is 1. The van der Waals surface area contributed by atoms with E-state index in [1.54, 1.807) is 13.8 Å². The summed E-state index contributed by atoms with van der Waals surface area (Å²) >= 11 is 3.44. The summed E-state index contributed by atoms with van der Waals surface area (Å²) in [6.07, 6.45) is 4.58. The molecule has 7 heteroatoms. The van der Waals surface area contributed by atoms with Gasteiger partial charge in [-0.05, 0) is 26.7 Å². The third kappa shape index (κ3) is 2.76. The average molecular weight is 367 g/mol. The van der Waals surface area contributed by atoms with Crippen molar-refractivity contribution in [3.8, 4) is 0 Å². The molecule has 1 atom stereocenters. The van der Waals surface area contributed by atoms with E-state index in [1.807, 2.05) is 0 Å². The monoisotopic (exact) mass is 366 g/mol. The van der Waals surface area contributed by atoms with Crippen LogP contribution in [0, 0.1) is 0 Å². The first-order valence-corrected chi connectivity index (χ1v) is 9.36. The summed E-state index contributed by atoms with van der Waals surface area (Å²) in [6, 6.07) is 0. The number of carbonyl (C=O) groups excluding carboxylic acids is 1. The first-order chi connectivity index (χ1) is 9.49. The van der Waals surface area contributed by atoms with Crippen LogP contribution >= 0.6 is 23.5 Å². The number of esters is 1. The topological polar surface area (TPSA) is 61.8 Å². The van der Waals surface area contributed by atoms with E-state index in [0.29, 0.717) is 4.48 Å². The fraction of sp³-hybridized carbons (Fsp3) is 0.769. The Morgan fingerprint density at radius 3 is 2.50 bits per heavy atom. The minimum absolute atomic E-state index is 0.0445. The molecule has 0 amide bonds. The summed E-state index contributed by atoms with van der Waals surface area (Å²) in [5.74, 6) is -0.612. The first-order valence-electron chi connectivity index (χ1n) is 7.02. The predicted octanol–water partition coefficient (Wildman–Crippen LogP) is 4.12. The normalized spacial score (nSPS) is 28.9. The summed E-state index contributed by atoms with van der Waals surface area (Å²) in [4.78, 5) is 12.1. The number of hydrogen-bond donors (Lipinski definition) is 0. The quantitative estimate of drug-likeness (QED) is 0.553. The van der Waals surface area contributed by atoms with Crippen LogP contribution in [0.4, 0.5) is 0 Å². The molecule has 0 saturated heterocycles. The second kappa shape index (κ2) is 6.30. The second-order valence-electron chi connectivity index (χ2n) is 4.94. The van der Waals surface area contributed by atoms with Crippen molar-refractivity contribution in [2.75, 3.05) is 13.2 Å². The molecule has 0 aromatic rings. The van der Waals surface area contributed by atoms with Gasteiger partial charge in [0.2, 0.25) is 0 Å². The Labute approximate surface area is 127 Å². The third-order valence-electron chi connectivity index (χ3n) is 3.61. The predicted molar refractivity (Wildman–Crippen MR) is 78.7 cm³/mol. The van der Waals surface area contributed by atoms with Gasteiger partial charge in [-0.25, -0.2) is 4.79 Å². The van der Waals surface area contributed by atoms with Crippen molar-refractivity contribution in [3.05, 3.63) is 9.80 Å². The van der Waals surface area contributed by atoms with E-state index >= 15 is 0 Å². The maximum Gasteiger partial charge on any atom is 0.370 e. The minimum atomic E-state index is -3.60. The Bertz CT molecular complexity index is 467. The lowest BCUT2D eigenvalue weighted by Crippen LogP contribution is -2.31. The summed E-state index contributed by atoms with van der Waals surface area (Å²) in [5, 5.41) is 0.0445. The van der Waals surface area contributed by atoms with Crippen LogP contribution in [0.5, 0.6) is 0 Å². The molecule has 1 aliphatic heterocycles. The van der Waals surface area contributed by atoms with E-state index < -0.39 is 19.2 Å². The summed E-state index contributed by atoms with van der Waals surface area (Å²) in [5.41, 5.74) is -0.676. The molecule has 1 saturated carbocycles. The second-order valence-corrected chi connectivity index (χ2v) is 7.62. The van der Waals surface area contributed by atoms with E-state index in [0.717, 1.165) is 32.1 Å². The van der Waals surface area contributed by atoms with Crippen LogP contribution < -0.4 is 0 Å². The van der Waals surface area contributed by atoms with E-state index in [2.05, 4.69) is 15.9 Å². The van der Waals surface area contributed by atoms with Crippen LogP contribution in [-0.2, 0) is 23.1 Å². The van der Waals surface area contributed by atoms with E-state index in [1.165, 1.54) is 0 Å². The van der Waals surface area contributed by atoms with Gasteiger partial charge in [0.15, 0.2) is 5.31 Å². The van der Waals surface area contributed by atoms with Gasteiger partial charge < -0.3 is 9.26 Å². The molecular weight excluding hydrogens is 347 g/mol. The molecule has 0 radical (unpaired) electrons. The highest BCUT2D eigenvalue weighted by molar-refractivity contribution is 9.11. The van der Waals surface area contributed by atoms with Crippen LogP contribution in [0.1, 0.15) is 46.0 Å². The molecular formula is C13H20BrO5P. The molecule has 0 N–H and O–H groups in total. The van der Waals surface area contributed by atoms with Crippen LogP contribution in [0.25, 0.3) is 0 Å². The Kier molecular flexibility index (Phi) is 5.11. The standard InChI is InChI=1S/C13H20BrO5P/c1-3-17-12(15)10-11(14)13(8-6-5-7-9-13)19-20(10,16)18-4-2/h3-9H2,1-2H3. The van der Waals surface area contributed by atoms with Crippen LogP contribution in [0.3, 0.4) is 0 Å². The number of ether oxygens (including phenoxy) is 1. The molecule has 2 aliphatic rings. The van der Waals surface area contributed by atoms with Gasteiger partial charge in [0.25, 0.3) is 0 Å². The van der Waals surface area contributed by atoms with Crippen molar-refractivity contribution in [2.24, 2.45) is 0 Å². The lowest BCUT2D eigenvalue weighted by molar-refractivity contribution is -0.137. The number of hydrogen-bond acceptors (Lipinski definition) is 5. The molecule has 0 aromatic heterocycles. The Hall–Kier alpha value is -0.160. The molecule has 20 heavy (non-hydrogen) atoms. The van der Waals surface area contributed by atoms with Gasteiger partial charge in [-0.3, -0.25) is 9.09 Å². The van der Waals surface area contributed by atoms with Gasteiger partial charge >= 0.3 is 13.6 Å². The SMILES string of the molecule is CCOC(=O)C1=C(Br)C2(CCCCC2)OP1(=O)OCC. The Balaban J connectivity index is 2.42. The van der Waals surface area contributed by atoms with Gasteiger partial charge in [-0.1, -0.05) is 35.2 Å². The van der Waals surface area contributed by atoms with Crippen molar-refractivity contribution in [2.45, 2.75) is 51.6 Å². The molecule has 1 unspecified atom stereocenters. The zero-order valence-electron chi connectivity index (χ0n) is 11.8. The molecule has 0 aromatic carbocycles. The van der Waals surface area contributed by atoms with Crippen molar-refractivity contribution < 1.29 is 23.1 Å². The zero-order chi connectivity index (χ0) is 14.8. The Morgan fingerprint density at radius 2 is 1.95 bits per heavy atom. The van der Waals surface area contributed by atoms with Crippen molar-refractivity contribution in [1.82, 2.24) is 0 Å². The average Bonchev–Trinajstić information content (AvgIpc) is 2.59. The van der Waals surface area contributed by atoms with Crippen molar-refractivity contribution in [3.63, 3.8) is 0 Å². The summed E-state index contributed by atoms with van der Waals surface area (Å²) < 4.78 is 29.6. The van der Waals surface area contributed by atoms with Crippen LogP contribution in [-0.4, -0.2) is 24.8 Å². The highest BCUT2D eigenvalue weighted by Gasteiger charge is 2.56. The molecule has 2 rings (SSSR count). The van der Waals surface area contributed by atoms with Crippen LogP contribution in [0.15, 0.2) is 9.80 Å². The summed E-state index contributed by atoms with van der Waals surface area (Å²) in [7, 11) is -3.60. The minimum Gasteiger partial charge on any atom is -0.462 e. The first kappa shape index (κ1) is 16.2. The van der Waals surface area contributed by atoms with Crippen molar-refractivity contribution >= 4 is 29.5 Å². The fourth-order valence-corrected chi connectivity index (χ4v) is 6.24. The highest BCUT2D eigenvalue weighted by atomic mass is 79.9. The third-order valence-corrected chi connectivity index (χ3v) is 7.17. The molecule has 5 nitrogen and oxygen atoms in total. The van der Waals surface area contributed by atoms with Gasteiger partial charge in [0, 0.05) is 0 Å². The Morgan fingerprint density at radius 1 is 1.30 bits per heavy atom. The van der Waals surface area contributed by atoms with E-state index in [4.69, 9.17) is 13.8 Å². The maximum absolute atomic E-state index is 12.9. The molecule has 1 aliphatic carbocycles. The number of halogens is 1. The smallest absolute Gasteiger partial charge is 0.370 e. The van der Waals surface area contributed by atoms with Gasteiger partial charge in [0.05, 0.1) is 17.7 Å². The molecule has 1 fully saturated rings. The fourth-order valence-electron chi connectivity index (χ4n) is 2.75. The zero-order valence-corrected chi connectivity index (χ0v) is 14.3. The summed E-state index contributed by atoms with van der Waals surface area (Å²) in [6.45, 7) is 3.88. The molecule has 1 heterocycles. The van der Waals surface area contributed by atoms with Crippen LogP contribution in [0.2, 0.25) is 0 Å². The number of rotatable bonds is 4.